The van der Waals surface area contributed by atoms with Crippen LogP contribution in [0.15, 0.2) is 11.8 Å². The van der Waals surface area contributed by atoms with Gasteiger partial charge >= 0.3 is 0 Å². The number of rotatable bonds is 6. The van der Waals surface area contributed by atoms with Crippen LogP contribution in [-0.4, -0.2) is 48.5 Å². The van der Waals surface area contributed by atoms with Crippen LogP contribution in [0.5, 0.6) is 0 Å². The van der Waals surface area contributed by atoms with Crippen molar-refractivity contribution in [2.24, 2.45) is 11.8 Å². The molecule has 22 heavy (non-hydrogen) atoms. The molecule has 0 radical (unpaired) electrons. The lowest BCUT2D eigenvalue weighted by atomic mass is 9.86. The van der Waals surface area contributed by atoms with Crippen molar-refractivity contribution in [1.82, 2.24) is 4.90 Å². The van der Waals surface area contributed by atoms with Crippen molar-refractivity contribution >= 4 is 5.91 Å². The lowest BCUT2D eigenvalue weighted by molar-refractivity contribution is -0.174. The minimum absolute atomic E-state index is 0.00291. The average Bonchev–Trinajstić information content (AvgIpc) is 2.54. The topological polar surface area (TPSA) is 59.0 Å². The highest BCUT2D eigenvalue weighted by Crippen LogP contribution is 2.33. The molecular weight excluding hydrogens is 282 g/mol. The lowest BCUT2D eigenvalue weighted by Crippen LogP contribution is -2.42. The molecule has 2 aliphatic heterocycles. The molecule has 2 heterocycles. The third-order valence-electron chi connectivity index (χ3n) is 4.56. The second-order valence-electron chi connectivity index (χ2n) is 6.21. The van der Waals surface area contributed by atoms with Gasteiger partial charge in [0.2, 0.25) is 6.29 Å². The number of aliphatic hydroxyl groups excluding tert-OH is 1. The van der Waals surface area contributed by atoms with Crippen molar-refractivity contribution in [3.63, 3.8) is 0 Å². The van der Waals surface area contributed by atoms with Gasteiger partial charge in [-0.15, -0.1) is 0 Å². The van der Waals surface area contributed by atoms with Crippen molar-refractivity contribution in [3.05, 3.63) is 11.8 Å². The fourth-order valence-electron chi connectivity index (χ4n) is 3.28. The Morgan fingerprint density at radius 2 is 2.14 bits per heavy atom. The summed E-state index contributed by atoms with van der Waals surface area (Å²) in [5, 5.41) is 9.05. The molecule has 5 heteroatoms. The minimum Gasteiger partial charge on any atom is -0.459 e. The maximum atomic E-state index is 12.6. The Balaban J connectivity index is 2.06. The number of carbonyl (C=O) groups excluding carboxylic acids is 1. The number of hydrogen-bond donors (Lipinski definition) is 1. The van der Waals surface area contributed by atoms with E-state index in [1.165, 1.54) is 6.42 Å². The summed E-state index contributed by atoms with van der Waals surface area (Å²) in [5.74, 6) is 0.829. The van der Waals surface area contributed by atoms with E-state index in [4.69, 9.17) is 14.6 Å². The number of likely N-dealkylation sites (tertiary alicyclic amines) is 1. The number of hydrogen-bond acceptors (Lipinski definition) is 4. The van der Waals surface area contributed by atoms with E-state index < -0.39 is 0 Å². The van der Waals surface area contributed by atoms with Crippen LogP contribution in [0, 0.1) is 11.8 Å². The van der Waals surface area contributed by atoms with Gasteiger partial charge in [-0.05, 0) is 51.0 Å². The van der Waals surface area contributed by atoms with Crippen LogP contribution < -0.4 is 0 Å². The Morgan fingerprint density at radius 3 is 2.77 bits per heavy atom. The van der Waals surface area contributed by atoms with E-state index in [2.05, 4.69) is 6.92 Å². The van der Waals surface area contributed by atoms with Gasteiger partial charge in [-0.2, -0.15) is 0 Å². The normalized spacial score (nSPS) is 29.0. The molecule has 2 aliphatic rings. The molecule has 126 valence electrons. The Hall–Kier alpha value is -1.07. The maximum absolute atomic E-state index is 12.6. The SMILES string of the molecule is CCO[C@@H]1OC(C(=O)N2CCCCC2)=C[C@H](C)[C@H]1CCCO. The van der Waals surface area contributed by atoms with E-state index in [0.717, 1.165) is 38.8 Å². The van der Waals surface area contributed by atoms with Gasteiger partial charge < -0.3 is 19.5 Å². The molecule has 0 aromatic carbocycles. The Kier molecular flexibility index (Phi) is 6.70. The Morgan fingerprint density at radius 1 is 1.41 bits per heavy atom. The first-order valence-electron chi connectivity index (χ1n) is 8.57. The zero-order valence-electron chi connectivity index (χ0n) is 13.8. The van der Waals surface area contributed by atoms with Crippen LogP contribution in [0.3, 0.4) is 0 Å². The van der Waals surface area contributed by atoms with Gasteiger partial charge in [0.05, 0.1) is 0 Å². The Labute approximate surface area is 133 Å². The molecule has 0 spiro atoms. The van der Waals surface area contributed by atoms with Crippen molar-refractivity contribution in [2.45, 2.75) is 52.2 Å². The predicted molar refractivity (Wildman–Crippen MR) is 84.0 cm³/mol. The molecule has 1 amide bonds. The second kappa shape index (κ2) is 8.53. The first-order valence-corrected chi connectivity index (χ1v) is 8.57. The molecule has 1 fully saturated rings. The molecule has 0 unspecified atom stereocenters. The Bertz CT molecular complexity index is 390. The lowest BCUT2D eigenvalue weighted by Gasteiger charge is -2.37. The zero-order chi connectivity index (χ0) is 15.9. The predicted octanol–water partition coefficient (Wildman–Crippen LogP) is 2.30. The molecule has 0 saturated carbocycles. The molecule has 1 saturated heterocycles. The molecule has 2 rings (SSSR count). The number of allylic oxidation sites excluding steroid dienone is 1. The highest BCUT2D eigenvalue weighted by Gasteiger charge is 2.36. The first-order chi connectivity index (χ1) is 10.7. The highest BCUT2D eigenvalue weighted by molar-refractivity contribution is 5.91. The van der Waals surface area contributed by atoms with Gasteiger partial charge in [0.25, 0.3) is 5.91 Å². The minimum atomic E-state index is -0.389. The van der Waals surface area contributed by atoms with Crippen LogP contribution in [-0.2, 0) is 14.3 Å². The summed E-state index contributed by atoms with van der Waals surface area (Å²) in [4.78, 5) is 14.5. The van der Waals surface area contributed by atoms with Crippen LogP contribution in [0.1, 0.15) is 46.0 Å². The monoisotopic (exact) mass is 311 g/mol. The van der Waals surface area contributed by atoms with E-state index in [0.29, 0.717) is 12.4 Å². The molecular formula is C17H29NO4. The summed E-state index contributed by atoms with van der Waals surface area (Å²) in [6.07, 6.45) is 6.46. The summed E-state index contributed by atoms with van der Waals surface area (Å²) in [6.45, 7) is 6.40. The van der Waals surface area contributed by atoms with Crippen molar-refractivity contribution < 1.29 is 19.4 Å². The van der Waals surface area contributed by atoms with Crippen LogP contribution >= 0.6 is 0 Å². The molecule has 1 N–H and O–H groups in total. The van der Waals surface area contributed by atoms with E-state index in [1.807, 2.05) is 17.9 Å². The van der Waals surface area contributed by atoms with E-state index in [-0.39, 0.29) is 30.6 Å². The zero-order valence-corrected chi connectivity index (χ0v) is 13.8. The molecule has 0 aliphatic carbocycles. The third kappa shape index (κ3) is 4.23. The van der Waals surface area contributed by atoms with Gasteiger partial charge in [-0.1, -0.05) is 6.92 Å². The summed E-state index contributed by atoms with van der Waals surface area (Å²) in [6, 6.07) is 0. The molecule has 3 atom stereocenters. The molecule has 0 aromatic rings. The number of carbonyl (C=O) groups is 1. The number of aliphatic hydroxyl groups is 1. The first kappa shape index (κ1) is 17.3. The van der Waals surface area contributed by atoms with Gasteiger partial charge in [-0.25, -0.2) is 0 Å². The highest BCUT2D eigenvalue weighted by atomic mass is 16.7. The van der Waals surface area contributed by atoms with E-state index in [1.54, 1.807) is 0 Å². The summed E-state index contributed by atoms with van der Waals surface area (Å²) in [7, 11) is 0. The number of piperidine rings is 1. The van der Waals surface area contributed by atoms with Gasteiger partial charge in [-0.3, -0.25) is 4.79 Å². The van der Waals surface area contributed by atoms with Crippen molar-refractivity contribution in [2.75, 3.05) is 26.3 Å². The number of ether oxygens (including phenoxy) is 2. The molecule has 0 aromatic heterocycles. The quantitative estimate of drug-likeness (QED) is 0.818. The van der Waals surface area contributed by atoms with Gasteiger partial charge in [0, 0.05) is 32.2 Å². The summed E-state index contributed by atoms with van der Waals surface area (Å²) in [5.41, 5.74) is 0. The van der Waals surface area contributed by atoms with Gasteiger partial charge in [0.15, 0.2) is 5.76 Å². The van der Waals surface area contributed by atoms with E-state index >= 15 is 0 Å². The largest absolute Gasteiger partial charge is 0.459 e. The van der Waals surface area contributed by atoms with Crippen LogP contribution in [0.25, 0.3) is 0 Å². The van der Waals surface area contributed by atoms with Crippen molar-refractivity contribution in [1.29, 1.82) is 0 Å². The number of nitrogens with zero attached hydrogens (tertiary/aromatic N) is 1. The average molecular weight is 311 g/mol. The van der Waals surface area contributed by atoms with Crippen LogP contribution in [0.2, 0.25) is 0 Å². The maximum Gasteiger partial charge on any atom is 0.288 e. The van der Waals surface area contributed by atoms with E-state index in [9.17, 15) is 4.79 Å². The van der Waals surface area contributed by atoms with Gasteiger partial charge in [0.1, 0.15) is 0 Å². The fourth-order valence-corrected chi connectivity index (χ4v) is 3.28. The number of amides is 1. The fraction of sp³-hybridized carbons (Fsp3) is 0.824. The summed E-state index contributed by atoms with van der Waals surface area (Å²) < 4.78 is 11.6. The summed E-state index contributed by atoms with van der Waals surface area (Å²) >= 11 is 0. The van der Waals surface area contributed by atoms with Crippen molar-refractivity contribution in [3.8, 4) is 0 Å². The smallest absolute Gasteiger partial charge is 0.288 e. The molecule has 5 nitrogen and oxygen atoms in total. The molecule has 0 bridgehead atoms. The third-order valence-corrected chi connectivity index (χ3v) is 4.56. The second-order valence-corrected chi connectivity index (χ2v) is 6.21. The van der Waals surface area contributed by atoms with Crippen LogP contribution in [0.4, 0.5) is 0 Å². The standard InChI is InChI=1S/C17H29NO4/c1-3-21-17-14(8-7-11-19)13(2)12-15(22-17)16(20)18-9-5-4-6-10-18/h12-14,17,19H,3-11H2,1-2H3/t13-,14+,17+/m0/s1.